The number of H-pyrrole nitrogens is 1. The first-order chi connectivity index (χ1) is 13.4. The lowest BCUT2D eigenvalue weighted by Gasteiger charge is -2.05. The quantitative estimate of drug-likeness (QED) is 0.679. The Bertz CT molecular complexity index is 1050. The lowest BCUT2D eigenvalue weighted by atomic mass is 10.2. The van der Waals surface area contributed by atoms with Gasteiger partial charge in [0.1, 0.15) is 11.5 Å². The molecule has 0 aliphatic rings. The molecule has 1 heterocycles. The van der Waals surface area contributed by atoms with Crippen LogP contribution in [0.15, 0.2) is 47.3 Å². The summed E-state index contributed by atoms with van der Waals surface area (Å²) >= 11 is 0. The van der Waals surface area contributed by atoms with E-state index < -0.39 is 17.2 Å². The Balaban J connectivity index is 1.58. The third kappa shape index (κ3) is 4.81. The van der Waals surface area contributed by atoms with Gasteiger partial charge >= 0.3 is 0 Å². The summed E-state index contributed by atoms with van der Waals surface area (Å²) in [5.41, 5.74) is 0.389. The zero-order valence-corrected chi connectivity index (χ0v) is 14.5. The van der Waals surface area contributed by atoms with E-state index in [0.29, 0.717) is 0 Å². The van der Waals surface area contributed by atoms with Gasteiger partial charge < -0.3 is 10.3 Å². The van der Waals surface area contributed by atoms with Crippen molar-refractivity contribution in [2.75, 3.05) is 0 Å². The fourth-order valence-corrected chi connectivity index (χ4v) is 2.42. The van der Waals surface area contributed by atoms with Crippen molar-refractivity contribution in [2.24, 2.45) is 0 Å². The van der Waals surface area contributed by atoms with E-state index in [4.69, 9.17) is 0 Å². The van der Waals surface area contributed by atoms with Crippen LogP contribution in [0, 0.1) is 17.5 Å². The summed E-state index contributed by atoms with van der Waals surface area (Å²) < 4.78 is 39.1. The predicted molar refractivity (Wildman–Crippen MR) is 94.6 cm³/mol. The van der Waals surface area contributed by atoms with Crippen molar-refractivity contribution >= 4 is 5.91 Å². The van der Waals surface area contributed by atoms with Gasteiger partial charge in [-0.1, -0.05) is 12.1 Å². The summed E-state index contributed by atoms with van der Waals surface area (Å²) in [5, 5.41) is 10.2. The number of aromatic amines is 1. The normalized spacial score (nSPS) is 10.7. The Kier molecular flexibility index (Phi) is 5.83. The van der Waals surface area contributed by atoms with E-state index in [0.717, 1.165) is 17.7 Å². The number of benzene rings is 2. The van der Waals surface area contributed by atoms with Crippen LogP contribution in [0.3, 0.4) is 0 Å². The SMILES string of the molecule is O=C(CCc1nnc(-c2ccc(F)c(F)c2)[nH]c1=O)NCc1ccc(F)cc1. The van der Waals surface area contributed by atoms with Crippen LogP contribution < -0.4 is 10.9 Å². The predicted octanol–water partition coefficient (Wildman–Crippen LogP) is 2.50. The van der Waals surface area contributed by atoms with E-state index in [2.05, 4.69) is 20.5 Å². The van der Waals surface area contributed by atoms with Crippen molar-refractivity contribution in [3.8, 4) is 11.4 Å². The minimum absolute atomic E-state index is 0.00345. The Morgan fingerprint density at radius 3 is 2.43 bits per heavy atom. The van der Waals surface area contributed by atoms with Gasteiger partial charge in [0.15, 0.2) is 17.5 Å². The largest absolute Gasteiger partial charge is 0.352 e. The molecule has 0 aliphatic carbocycles. The fourth-order valence-electron chi connectivity index (χ4n) is 2.42. The lowest BCUT2D eigenvalue weighted by Crippen LogP contribution is -2.25. The summed E-state index contributed by atoms with van der Waals surface area (Å²) in [5.74, 6) is -2.76. The van der Waals surface area contributed by atoms with Crippen LogP contribution in [0.5, 0.6) is 0 Å². The Morgan fingerprint density at radius 2 is 1.75 bits per heavy atom. The van der Waals surface area contributed by atoms with Gasteiger partial charge in [-0.3, -0.25) is 9.59 Å². The summed E-state index contributed by atoms with van der Waals surface area (Å²) in [6.07, 6.45) is 0.0547. The molecule has 0 bridgehead atoms. The molecule has 2 N–H and O–H groups in total. The van der Waals surface area contributed by atoms with Crippen LogP contribution in [0.2, 0.25) is 0 Å². The number of carbonyl (C=O) groups is 1. The lowest BCUT2D eigenvalue weighted by molar-refractivity contribution is -0.121. The van der Waals surface area contributed by atoms with Crippen molar-refractivity contribution in [2.45, 2.75) is 19.4 Å². The number of hydrogen-bond acceptors (Lipinski definition) is 4. The van der Waals surface area contributed by atoms with Gasteiger partial charge in [-0.25, -0.2) is 13.2 Å². The number of carbonyl (C=O) groups excluding carboxylic acids is 1. The fraction of sp³-hybridized carbons (Fsp3) is 0.158. The molecule has 144 valence electrons. The summed E-state index contributed by atoms with van der Waals surface area (Å²) in [7, 11) is 0. The van der Waals surface area contributed by atoms with Gasteiger partial charge in [0.2, 0.25) is 5.91 Å². The van der Waals surface area contributed by atoms with Crippen LogP contribution >= 0.6 is 0 Å². The van der Waals surface area contributed by atoms with Crippen molar-refractivity contribution < 1.29 is 18.0 Å². The third-order valence-corrected chi connectivity index (χ3v) is 3.95. The highest BCUT2D eigenvalue weighted by atomic mass is 19.2. The molecule has 1 aromatic heterocycles. The van der Waals surface area contributed by atoms with Gasteiger partial charge in [0.05, 0.1) is 0 Å². The first-order valence-electron chi connectivity index (χ1n) is 8.35. The Hall–Kier alpha value is -3.49. The molecular weight excluding hydrogens is 373 g/mol. The molecular formula is C19H15F3N4O2. The smallest absolute Gasteiger partial charge is 0.273 e. The van der Waals surface area contributed by atoms with Gasteiger partial charge in [0.25, 0.3) is 5.56 Å². The number of aryl methyl sites for hydroxylation is 1. The standard InChI is InChI=1S/C19H15F3N4O2/c20-13-4-1-11(2-5-13)10-23-17(27)8-7-16-19(28)24-18(26-25-16)12-3-6-14(21)15(22)9-12/h1-6,9H,7-8,10H2,(H,23,27)(H,24,26,28). The van der Waals surface area contributed by atoms with Gasteiger partial charge in [-0.05, 0) is 35.9 Å². The first-order valence-corrected chi connectivity index (χ1v) is 8.35. The van der Waals surface area contributed by atoms with E-state index in [9.17, 15) is 22.8 Å². The molecule has 3 aromatic rings. The van der Waals surface area contributed by atoms with Gasteiger partial charge in [-0.15, -0.1) is 10.2 Å². The monoisotopic (exact) mass is 388 g/mol. The van der Waals surface area contributed by atoms with Crippen LogP contribution in [-0.4, -0.2) is 21.1 Å². The molecule has 0 saturated carbocycles. The number of halogens is 3. The van der Waals surface area contributed by atoms with Crippen LogP contribution in [0.1, 0.15) is 17.7 Å². The average molecular weight is 388 g/mol. The Morgan fingerprint density at radius 1 is 1.00 bits per heavy atom. The van der Waals surface area contributed by atoms with E-state index in [1.165, 1.54) is 18.2 Å². The van der Waals surface area contributed by atoms with Crippen molar-refractivity contribution in [3.05, 3.63) is 81.5 Å². The second-order valence-corrected chi connectivity index (χ2v) is 5.98. The molecule has 0 saturated heterocycles. The topological polar surface area (TPSA) is 87.7 Å². The van der Waals surface area contributed by atoms with E-state index >= 15 is 0 Å². The van der Waals surface area contributed by atoms with Crippen molar-refractivity contribution in [3.63, 3.8) is 0 Å². The molecule has 0 radical (unpaired) electrons. The van der Waals surface area contributed by atoms with E-state index in [-0.39, 0.29) is 48.2 Å². The maximum Gasteiger partial charge on any atom is 0.273 e. The third-order valence-electron chi connectivity index (χ3n) is 3.95. The van der Waals surface area contributed by atoms with Crippen molar-refractivity contribution in [1.82, 2.24) is 20.5 Å². The maximum absolute atomic E-state index is 13.3. The highest BCUT2D eigenvalue weighted by Crippen LogP contribution is 2.16. The van der Waals surface area contributed by atoms with E-state index in [1.807, 2.05) is 0 Å². The average Bonchev–Trinajstić information content (AvgIpc) is 2.68. The van der Waals surface area contributed by atoms with Crippen LogP contribution in [0.4, 0.5) is 13.2 Å². The summed E-state index contributed by atoms with van der Waals surface area (Å²) in [6, 6.07) is 8.80. The number of nitrogens with zero attached hydrogens (tertiary/aromatic N) is 2. The van der Waals surface area contributed by atoms with Gasteiger partial charge in [-0.2, -0.15) is 0 Å². The minimum Gasteiger partial charge on any atom is -0.352 e. The molecule has 0 unspecified atom stereocenters. The molecule has 0 fully saturated rings. The molecule has 6 nitrogen and oxygen atoms in total. The first kappa shape index (κ1) is 19.3. The van der Waals surface area contributed by atoms with Gasteiger partial charge in [0, 0.05) is 24.9 Å². The molecule has 9 heteroatoms. The number of aromatic nitrogens is 3. The zero-order chi connectivity index (χ0) is 20.1. The molecule has 3 rings (SSSR count). The van der Waals surface area contributed by atoms with Crippen LogP contribution in [0.25, 0.3) is 11.4 Å². The van der Waals surface area contributed by atoms with Crippen LogP contribution in [-0.2, 0) is 17.8 Å². The maximum atomic E-state index is 13.3. The molecule has 0 atom stereocenters. The van der Waals surface area contributed by atoms with E-state index in [1.54, 1.807) is 12.1 Å². The molecule has 28 heavy (non-hydrogen) atoms. The number of rotatable bonds is 6. The molecule has 0 aliphatic heterocycles. The number of nitrogens with one attached hydrogen (secondary N) is 2. The molecule has 0 spiro atoms. The second-order valence-electron chi connectivity index (χ2n) is 5.98. The molecule has 1 amide bonds. The second kappa shape index (κ2) is 8.47. The Labute approximate surface area is 157 Å². The number of hydrogen-bond donors (Lipinski definition) is 2. The highest BCUT2D eigenvalue weighted by molar-refractivity contribution is 5.76. The van der Waals surface area contributed by atoms with Crippen molar-refractivity contribution in [1.29, 1.82) is 0 Å². The summed E-state index contributed by atoms with van der Waals surface area (Å²) in [6.45, 7) is 0.232. The number of amides is 1. The molecule has 2 aromatic carbocycles. The highest BCUT2D eigenvalue weighted by Gasteiger charge is 2.11. The minimum atomic E-state index is -1.07. The summed E-state index contributed by atoms with van der Waals surface area (Å²) in [4.78, 5) is 26.4. The zero-order valence-electron chi connectivity index (χ0n) is 14.5.